The molecular formula is C11H13ClO. The van der Waals surface area contributed by atoms with Gasteiger partial charge in [-0.15, -0.1) is 11.6 Å². The number of Topliss-reactive ketones (excluding diaryl/α,β-unsaturated/α-hetero) is 1. The maximum atomic E-state index is 11.1. The first-order valence-corrected chi connectivity index (χ1v) is 4.98. The van der Waals surface area contributed by atoms with Crippen LogP contribution >= 0.6 is 11.6 Å². The Morgan fingerprint density at radius 2 is 1.85 bits per heavy atom. The van der Waals surface area contributed by atoms with Gasteiger partial charge in [0.25, 0.3) is 0 Å². The van der Waals surface area contributed by atoms with Crippen LogP contribution in [-0.4, -0.2) is 11.7 Å². The van der Waals surface area contributed by atoms with Crippen LogP contribution < -0.4 is 0 Å². The molecule has 0 unspecified atom stereocenters. The minimum atomic E-state index is 0.249. The summed E-state index contributed by atoms with van der Waals surface area (Å²) in [5.41, 5.74) is 1.21. The van der Waals surface area contributed by atoms with Crippen molar-refractivity contribution in [2.45, 2.75) is 19.3 Å². The molecule has 0 fully saturated rings. The second-order valence-corrected chi connectivity index (χ2v) is 3.34. The summed E-state index contributed by atoms with van der Waals surface area (Å²) in [6.07, 6.45) is 1.93. The second kappa shape index (κ2) is 5.76. The van der Waals surface area contributed by atoms with E-state index in [1.54, 1.807) is 0 Å². The molecule has 70 valence electrons. The van der Waals surface area contributed by atoms with Crippen LogP contribution in [0.1, 0.15) is 18.4 Å². The van der Waals surface area contributed by atoms with Crippen LogP contribution in [-0.2, 0) is 11.2 Å². The van der Waals surface area contributed by atoms with Crippen molar-refractivity contribution in [3.05, 3.63) is 35.9 Å². The predicted molar refractivity (Wildman–Crippen MR) is 55.1 cm³/mol. The van der Waals surface area contributed by atoms with Gasteiger partial charge >= 0.3 is 0 Å². The number of halogens is 1. The Morgan fingerprint density at radius 1 is 1.15 bits per heavy atom. The third-order valence-corrected chi connectivity index (χ3v) is 2.10. The number of alkyl halides is 1. The van der Waals surface area contributed by atoms with E-state index < -0.39 is 0 Å². The first-order chi connectivity index (χ1) is 6.33. The van der Waals surface area contributed by atoms with Crippen molar-refractivity contribution in [2.24, 2.45) is 0 Å². The third-order valence-electron chi connectivity index (χ3n) is 1.91. The Hall–Kier alpha value is -0.820. The van der Waals surface area contributed by atoms with Crippen LogP contribution in [0.2, 0.25) is 0 Å². The van der Waals surface area contributed by atoms with E-state index in [9.17, 15) is 4.79 Å². The van der Waals surface area contributed by atoms with Gasteiger partial charge in [0.05, 0.1) is 0 Å². The highest BCUT2D eigenvalue weighted by Crippen LogP contribution is 2.04. The number of rotatable bonds is 5. The molecule has 0 amide bonds. The molecule has 0 spiro atoms. The van der Waals surface area contributed by atoms with Gasteiger partial charge in [-0.1, -0.05) is 30.3 Å². The predicted octanol–water partition coefficient (Wildman–Crippen LogP) is 2.82. The van der Waals surface area contributed by atoms with Crippen LogP contribution in [0.25, 0.3) is 0 Å². The summed E-state index contributed by atoms with van der Waals surface area (Å²) in [4.78, 5) is 11.1. The molecule has 0 N–H and O–H groups in total. The number of aryl methyl sites for hydroxylation is 1. The van der Waals surface area contributed by atoms with Gasteiger partial charge in [-0.2, -0.15) is 0 Å². The van der Waals surface area contributed by atoms with Crippen molar-refractivity contribution in [3.63, 3.8) is 0 Å². The van der Waals surface area contributed by atoms with Crippen molar-refractivity contribution < 1.29 is 4.79 Å². The van der Waals surface area contributed by atoms with E-state index in [2.05, 4.69) is 0 Å². The summed E-state index contributed by atoms with van der Waals surface area (Å²) in [7, 11) is 0. The summed E-state index contributed by atoms with van der Waals surface area (Å²) >= 11 is 5.46. The maximum absolute atomic E-state index is 11.1. The number of hydrogen-bond acceptors (Lipinski definition) is 1. The summed E-state index contributed by atoms with van der Waals surface area (Å²) in [5.74, 6) is 0.687. The molecule has 1 rings (SSSR count). The van der Waals surface area contributed by atoms with Crippen LogP contribution in [0.3, 0.4) is 0 Å². The van der Waals surface area contributed by atoms with E-state index in [1.165, 1.54) is 5.56 Å². The second-order valence-electron chi connectivity index (χ2n) is 2.96. The molecule has 2 heteroatoms. The van der Waals surface area contributed by atoms with Gasteiger partial charge in [-0.05, 0) is 12.0 Å². The molecule has 1 aromatic rings. The fraction of sp³-hybridized carbons (Fsp3) is 0.364. The topological polar surface area (TPSA) is 17.1 Å². The van der Waals surface area contributed by atoms with Gasteiger partial charge in [0, 0.05) is 18.7 Å². The fourth-order valence-corrected chi connectivity index (χ4v) is 1.37. The van der Waals surface area contributed by atoms with Crippen molar-refractivity contribution in [1.29, 1.82) is 0 Å². The average Bonchev–Trinajstić information content (AvgIpc) is 2.17. The molecule has 0 aliphatic carbocycles. The maximum Gasteiger partial charge on any atom is 0.134 e. The average molecular weight is 197 g/mol. The molecular weight excluding hydrogens is 184 g/mol. The van der Waals surface area contributed by atoms with Gasteiger partial charge in [0.1, 0.15) is 5.78 Å². The van der Waals surface area contributed by atoms with Crippen molar-refractivity contribution >= 4 is 17.4 Å². The Kier molecular flexibility index (Phi) is 4.55. The molecule has 0 heterocycles. The van der Waals surface area contributed by atoms with Gasteiger partial charge < -0.3 is 0 Å². The molecule has 0 bridgehead atoms. The molecule has 0 aromatic heterocycles. The SMILES string of the molecule is O=C(CCCl)CCc1ccccc1. The first kappa shape index (κ1) is 10.3. The largest absolute Gasteiger partial charge is 0.300 e. The van der Waals surface area contributed by atoms with Crippen molar-refractivity contribution in [1.82, 2.24) is 0 Å². The van der Waals surface area contributed by atoms with Gasteiger partial charge in [0.15, 0.2) is 0 Å². The van der Waals surface area contributed by atoms with Gasteiger partial charge in [-0.25, -0.2) is 0 Å². The highest BCUT2D eigenvalue weighted by molar-refractivity contribution is 6.19. The Labute approximate surface area is 83.7 Å². The third kappa shape index (κ3) is 4.09. The summed E-state index contributed by atoms with van der Waals surface area (Å²) in [5, 5.41) is 0. The fourth-order valence-electron chi connectivity index (χ4n) is 1.16. The summed E-state index contributed by atoms with van der Waals surface area (Å²) in [6, 6.07) is 10.0. The van der Waals surface area contributed by atoms with Gasteiger partial charge in [0.2, 0.25) is 0 Å². The Balaban J connectivity index is 2.31. The lowest BCUT2D eigenvalue weighted by atomic mass is 10.1. The molecule has 1 nitrogen and oxygen atoms in total. The molecule has 0 saturated heterocycles. The van der Waals surface area contributed by atoms with Crippen LogP contribution in [0.15, 0.2) is 30.3 Å². The number of benzene rings is 1. The van der Waals surface area contributed by atoms with Gasteiger partial charge in [-0.3, -0.25) is 4.79 Å². The van der Waals surface area contributed by atoms with Crippen LogP contribution in [0, 0.1) is 0 Å². The van der Waals surface area contributed by atoms with Crippen LogP contribution in [0.4, 0.5) is 0 Å². The molecule has 0 aliphatic heterocycles. The number of hydrogen-bond donors (Lipinski definition) is 0. The van der Waals surface area contributed by atoms with Crippen molar-refractivity contribution in [3.8, 4) is 0 Å². The molecule has 0 saturated carbocycles. The minimum Gasteiger partial charge on any atom is -0.300 e. The van der Waals surface area contributed by atoms with Crippen molar-refractivity contribution in [2.75, 3.05) is 5.88 Å². The normalized spacial score (nSPS) is 9.92. The van der Waals surface area contributed by atoms with Crippen LogP contribution in [0.5, 0.6) is 0 Å². The van der Waals surface area contributed by atoms with E-state index in [-0.39, 0.29) is 5.78 Å². The lowest BCUT2D eigenvalue weighted by molar-refractivity contribution is -0.118. The highest BCUT2D eigenvalue weighted by Gasteiger charge is 2.00. The first-order valence-electron chi connectivity index (χ1n) is 4.44. The number of carbonyl (C=O) groups excluding carboxylic acids is 1. The Bertz CT molecular complexity index is 256. The summed E-state index contributed by atoms with van der Waals surface area (Å²) < 4.78 is 0. The highest BCUT2D eigenvalue weighted by atomic mass is 35.5. The molecule has 0 radical (unpaired) electrons. The zero-order valence-corrected chi connectivity index (χ0v) is 8.26. The molecule has 13 heavy (non-hydrogen) atoms. The smallest absolute Gasteiger partial charge is 0.134 e. The summed E-state index contributed by atoms with van der Waals surface area (Å²) in [6.45, 7) is 0. The van der Waals surface area contributed by atoms with E-state index in [0.29, 0.717) is 18.7 Å². The molecule has 1 aromatic carbocycles. The van der Waals surface area contributed by atoms with E-state index in [1.807, 2.05) is 30.3 Å². The quantitative estimate of drug-likeness (QED) is 0.662. The van der Waals surface area contributed by atoms with E-state index >= 15 is 0 Å². The standard InChI is InChI=1S/C11H13ClO/c12-9-8-11(13)7-6-10-4-2-1-3-5-10/h1-5H,6-9H2. The lowest BCUT2D eigenvalue weighted by Crippen LogP contribution is -2.00. The molecule has 0 aliphatic rings. The number of ketones is 1. The zero-order valence-electron chi connectivity index (χ0n) is 7.50. The minimum absolute atomic E-state index is 0.249. The number of carbonyl (C=O) groups is 1. The molecule has 0 atom stereocenters. The Morgan fingerprint density at radius 3 is 2.46 bits per heavy atom. The zero-order chi connectivity index (χ0) is 9.52. The van der Waals surface area contributed by atoms with E-state index in [0.717, 1.165) is 6.42 Å². The lowest BCUT2D eigenvalue weighted by Gasteiger charge is -1.99. The monoisotopic (exact) mass is 196 g/mol. The van der Waals surface area contributed by atoms with E-state index in [4.69, 9.17) is 11.6 Å².